The molecule has 0 saturated carbocycles. The van der Waals surface area contributed by atoms with Crippen molar-refractivity contribution >= 4 is 15.9 Å². The topological polar surface area (TPSA) is 21.3 Å². The van der Waals surface area contributed by atoms with E-state index in [0.717, 1.165) is 10.2 Å². The summed E-state index contributed by atoms with van der Waals surface area (Å²) in [6.45, 7) is 0. The molecule has 0 aliphatic carbocycles. The third-order valence-electron chi connectivity index (χ3n) is 2.93. The fourth-order valence-electron chi connectivity index (χ4n) is 1.98. The van der Waals surface area contributed by atoms with Crippen molar-refractivity contribution in [2.75, 3.05) is 0 Å². The molecule has 1 aliphatic heterocycles. The second kappa shape index (κ2) is 4.96. The molecule has 1 N–H and O–H groups in total. The molecule has 1 heterocycles. The molecule has 0 aromatic heterocycles. The monoisotopic (exact) mass is 301 g/mol. The van der Waals surface area contributed by atoms with Gasteiger partial charge in [0.2, 0.25) is 0 Å². The van der Waals surface area contributed by atoms with Crippen molar-refractivity contribution < 1.29 is 4.84 Å². The van der Waals surface area contributed by atoms with Gasteiger partial charge in [-0.2, -0.15) is 0 Å². The highest BCUT2D eigenvalue weighted by Gasteiger charge is 2.16. The molecule has 1 atom stereocenters. The standard InChI is InChI=1S/C15H12BrNO/c16-15-10-14(18-17-15)13-8-6-12(7-9-13)11-4-2-1-3-5-11/h1-10,14,17H/t14-/m1/s1. The summed E-state index contributed by atoms with van der Waals surface area (Å²) < 4.78 is 0.875. The SMILES string of the molecule is BrC1=C[C@H](c2ccc(-c3ccccc3)cc2)ON1. The Kier molecular flexibility index (Phi) is 3.17. The first-order valence-corrected chi connectivity index (χ1v) is 6.56. The summed E-state index contributed by atoms with van der Waals surface area (Å²) >= 11 is 3.35. The summed E-state index contributed by atoms with van der Waals surface area (Å²) in [5, 5.41) is 0. The number of hydrogen-bond acceptors (Lipinski definition) is 2. The minimum absolute atomic E-state index is 0.0239. The minimum atomic E-state index is -0.0239. The third kappa shape index (κ3) is 2.33. The van der Waals surface area contributed by atoms with E-state index < -0.39 is 0 Å². The summed E-state index contributed by atoms with van der Waals surface area (Å²) in [6, 6.07) is 18.8. The highest BCUT2D eigenvalue weighted by atomic mass is 79.9. The molecule has 2 aromatic carbocycles. The number of rotatable bonds is 2. The van der Waals surface area contributed by atoms with Gasteiger partial charge in [-0.15, -0.1) is 0 Å². The van der Waals surface area contributed by atoms with Crippen LogP contribution in [0.2, 0.25) is 0 Å². The van der Waals surface area contributed by atoms with Crippen LogP contribution in [0.15, 0.2) is 65.3 Å². The molecule has 2 nitrogen and oxygen atoms in total. The van der Waals surface area contributed by atoms with Crippen LogP contribution < -0.4 is 5.48 Å². The number of nitrogens with one attached hydrogen (secondary N) is 1. The molecule has 0 radical (unpaired) electrons. The third-order valence-corrected chi connectivity index (χ3v) is 3.35. The Morgan fingerprint density at radius 2 is 1.56 bits per heavy atom. The zero-order chi connectivity index (χ0) is 12.4. The number of benzene rings is 2. The van der Waals surface area contributed by atoms with E-state index in [-0.39, 0.29) is 6.10 Å². The van der Waals surface area contributed by atoms with E-state index in [2.05, 4.69) is 57.8 Å². The summed E-state index contributed by atoms with van der Waals surface area (Å²) in [5.41, 5.74) is 6.37. The van der Waals surface area contributed by atoms with Crippen LogP contribution in [0.3, 0.4) is 0 Å². The Morgan fingerprint density at radius 3 is 2.17 bits per heavy atom. The molecule has 3 rings (SSSR count). The first-order valence-electron chi connectivity index (χ1n) is 5.77. The second-order valence-corrected chi connectivity index (χ2v) is 5.00. The lowest BCUT2D eigenvalue weighted by Gasteiger charge is -2.08. The Morgan fingerprint density at radius 1 is 0.889 bits per heavy atom. The van der Waals surface area contributed by atoms with E-state index in [9.17, 15) is 0 Å². The van der Waals surface area contributed by atoms with Crippen LogP contribution in [0.4, 0.5) is 0 Å². The van der Waals surface area contributed by atoms with Crippen LogP contribution in [-0.4, -0.2) is 0 Å². The average molecular weight is 302 g/mol. The summed E-state index contributed by atoms with van der Waals surface area (Å²) in [7, 11) is 0. The number of hydroxylamine groups is 1. The van der Waals surface area contributed by atoms with Crippen molar-refractivity contribution in [2.45, 2.75) is 6.10 Å². The van der Waals surface area contributed by atoms with Crippen molar-refractivity contribution in [3.63, 3.8) is 0 Å². The second-order valence-electron chi connectivity index (χ2n) is 4.14. The van der Waals surface area contributed by atoms with Gasteiger partial charge in [-0.25, -0.2) is 0 Å². The molecule has 3 heteroatoms. The first kappa shape index (κ1) is 11.5. The highest BCUT2D eigenvalue weighted by molar-refractivity contribution is 9.11. The molecule has 90 valence electrons. The zero-order valence-corrected chi connectivity index (χ0v) is 11.2. The van der Waals surface area contributed by atoms with E-state index in [1.165, 1.54) is 11.1 Å². The van der Waals surface area contributed by atoms with Crippen molar-refractivity contribution in [3.05, 3.63) is 70.8 Å². The van der Waals surface area contributed by atoms with Gasteiger partial charge >= 0.3 is 0 Å². The molecule has 0 unspecified atom stereocenters. The lowest BCUT2D eigenvalue weighted by atomic mass is 10.0. The van der Waals surface area contributed by atoms with Crippen LogP contribution in [0, 0.1) is 0 Å². The van der Waals surface area contributed by atoms with Crippen molar-refractivity contribution in [3.8, 4) is 11.1 Å². The first-order chi connectivity index (χ1) is 8.83. The number of hydrogen-bond donors (Lipinski definition) is 1. The maximum atomic E-state index is 5.41. The van der Waals surface area contributed by atoms with Crippen LogP contribution in [0.25, 0.3) is 11.1 Å². The van der Waals surface area contributed by atoms with E-state index in [4.69, 9.17) is 4.84 Å². The number of halogens is 1. The van der Waals surface area contributed by atoms with Gasteiger partial charge in [0.25, 0.3) is 0 Å². The van der Waals surface area contributed by atoms with Gasteiger partial charge in [-0.05, 0) is 38.7 Å². The Balaban J connectivity index is 1.86. The Labute approximate surface area is 114 Å². The van der Waals surface area contributed by atoms with Crippen LogP contribution in [0.5, 0.6) is 0 Å². The predicted molar refractivity (Wildman–Crippen MR) is 75.8 cm³/mol. The van der Waals surface area contributed by atoms with Crippen molar-refractivity contribution in [2.24, 2.45) is 0 Å². The Hall–Kier alpha value is -1.58. The van der Waals surface area contributed by atoms with Crippen LogP contribution in [0.1, 0.15) is 11.7 Å². The molecule has 0 amide bonds. The highest BCUT2D eigenvalue weighted by Crippen LogP contribution is 2.28. The molecular weight excluding hydrogens is 290 g/mol. The predicted octanol–water partition coefficient (Wildman–Crippen LogP) is 4.17. The lowest BCUT2D eigenvalue weighted by molar-refractivity contribution is 0.0458. The van der Waals surface area contributed by atoms with E-state index in [1.807, 2.05) is 24.3 Å². The van der Waals surface area contributed by atoms with Gasteiger partial charge in [-0.3, -0.25) is 10.3 Å². The normalized spacial score (nSPS) is 18.3. The van der Waals surface area contributed by atoms with E-state index in [0.29, 0.717) is 0 Å². The largest absolute Gasteiger partial charge is 0.263 e. The molecule has 18 heavy (non-hydrogen) atoms. The quantitative estimate of drug-likeness (QED) is 0.841. The smallest absolute Gasteiger partial charge is 0.131 e. The lowest BCUT2D eigenvalue weighted by Crippen LogP contribution is -2.05. The summed E-state index contributed by atoms with van der Waals surface area (Å²) in [5.74, 6) is 0. The fourth-order valence-corrected chi connectivity index (χ4v) is 2.31. The van der Waals surface area contributed by atoms with E-state index >= 15 is 0 Å². The summed E-state index contributed by atoms with van der Waals surface area (Å²) in [6.07, 6.45) is 1.97. The minimum Gasteiger partial charge on any atom is -0.263 e. The van der Waals surface area contributed by atoms with Crippen LogP contribution in [-0.2, 0) is 4.84 Å². The molecule has 0 spiro atoms. The van der Waals surface area contributed by atoms with Gasteiger partial charge in [0.15, 0.2) is 0 Å². The average Bonchev–Trinajstić information content (AvgIpc) is 2.87. The van der Waals surface area contributed by atoms with Crippen molar-refractivity contribution in [1.82, 2.24) is 5.48 Å². The maximum Gasteiger partial charge on any atom is 0.131 e. The molecule has 1 aliphatic rings. The van der Waals surface area contributed by atoms with Gasteiger partial charge in [0.05, 0.1) is 0 Å². The molecular formula is C15H12BrNO. The Bertz CT molecular complexity index is 563. The van der Waals surface area contributed by atoms with Gasteiger partial charge < -0.3 is 0 Å². The van der Waals surface area contributed by atoms with Gasteiger partial charge in [0.1, 0.15) is 10.7 Å². The molecule has 0 fully saturated rings. The van der Waals surface area contributed by atoms with Crippen molar-refractivity contribution in [1.29, 1.82) is 0 Å². The fraction of sp³-hybridized carbons (Fsp3) is 0.0667. The van der Waals surface area contributed by atoms with Crippen LogP contribution >= 0.6 is 15.9 Å². The molecule has 0 saturated heterocycles. The summed E-state index contributed by atoms with van der Waals surface area (Å²) in [4.78, 5) is 5.41. The molecule has 2 aromatic rings. The van der Waals surface area contributed by atoms with Gasteiger partial charge in [-0.1, -0.05) is 54.6 Å². The van der Waals surface area contributed by atoms with Gasteiger partial charge in [0, 0.05) is 0 Å². The van der Waals surface area contributed by atoms with E-state index in [1.54, 1.807) is 0 Å². The zero-order valence-electron chi connectivity index (χ0n) is 9.64. The molecule has 0 bridgehead atoms. The maximum absolute atomic E-state index is 5.41.